The van der Waals surface area contributed by atoms with Gasteiger partial charge in [0.05, 0.1) is 0 Å². The minimum atomic E-state index is -6.21. The summed E-state index contributed by atoms with van der Waals surface area (Å²) in [5, 5.41) is 0. The van der Waals surface area contributed by atoms with Crippen molar-refractivity contribution in [3.8, 4) is 0 Å². The van der Waals surface area contributed by atoms with Gasteiger partial charge in [-0.1, -0.05) is 0 Å². The molecule has 3 aromatic heterocycles. The Morgan fingerprint density at radius 3 is 0.645 bits per heavy atom. The van der Waals surface area contributed by atoms with E-state index >= 15 is 0 Å². The molecule has 0 fully saturated rings. The molecule has 3 nitrogen and oxygen atoms in total. The minimum absolute atomic E-state index is 2.11. The molecule has 0 unspecified atom stereocenters. The molecule has 0 saturated carbocycles. The van der Waals surface area contributed by atoms with Gasteiger partial charge in [-0.3, -0.25) is 0 Å². The Labute approximate surface area is 167 Å². The van der Waals surface area contributed by atoms with Gasteiger partial charge in [-0.25, -0.2) is 0 Å². The molecule has 0 aliphatic carbocycles. The van der Waals surface area contributed by atoms with E-state index in [2.05, 4.69) is 15.0 Å². The predicted octanol–water partition coefficient (Wildman–Crippen LogP) is 2.06. The van der Waals surface area contributed by atoms with Crippen molar-refractivity contribution in [1.82, 2.24) is 15.0 Å². The summed E-state index contributed by atoms with van der Waals surface area (Å²) >= 11 is -6.21. The number of hydrogen-bond donors (Lipinski definition) is 0. The van der Waals surface area contributed by atoms with Crippen molar-refractivity contribution in [2.45, 2.75) is 0 Å². The van der Waals surface area contributed by atoms with Crippen LogP contribution < -0.4 is 12.4 Å². The molecule has 0 aromatic carbocycles. The summed E-state index contributed by atoms with van der Waals surface area (Å²) in [6.45, 7) is 0. The fourth-order valence-electron chi connectivity index (χ4n) is 2.70. The van der Waals surface area contributed by atoms with E-state index in [1.165, 1.54) is 0 Å². The second-order valence-electron chi connectivity index (χ2n) is 5.64. The zero-order valence-corrected chi connectivity index (χ0v) is 16.4. The topological polar surface area (TPSA) is 38.7 Å². The van der Waals surface area contributed by atoms with Gasteiger partial charge in [0.2, 0.25) is 0 Å². The van der Waals surface area contributed by atoms with Gasteiger partial charge in [0.15, 0.2) is 0 Å². The third-order valence-corrected chi connectivity index (χ3v) is 10.8. The van der Waals surface area contributed by atoms with Crippen LogP contribution in [0.5, 0.6) is 0 Å². The average molecular weight is 520 g/mol. The molecule has 3 heterocycles. The van der Waals surface area contributed by atoms with Crippen molar-refractivity contribution < 1.29 is 52.7 Å². The van der Waals surface area contributed by atoms with E-state index in [0.717, 1.165) is 0 Å². The van der Waals surface area contributed by atoms with Gasteiger partial charge in [0.1, 0.15) is 0 Å². The van der Waals surface area contributed by atoms with Crippen LogP contribution in [-0.4, -0.2) is 31.2 Å². The van der Waals surface area contributed by atoms with E-state index in [1.807, 2.05) is 0 Å². The monoisotopic (exact) mass is 519 g/mol. The van der Waals surface area contributed by atoms with Crippen LogP contribution in [0.4, 0.5) is 52.7 Å². The van der Waals surface area contributed by atoms with Gasteiger partial charge in [-0.15, -0.1) is 0 Å². The summed E-state index contributed by atoms with van der Waals surface area (Å²) in [5.74, 6) is -30.4. The van der Waals surface area contributed by atoms with Crippen molar-refractivity contribution in [1.29, 1.82) is 0 Å². The SMILES string of the molecule is Fc1nc(F)c(F)[c]([Ga]([c]2c(F)c(F)nc(F)c2F)[c]2c(F)c(F)nc(F)c2F)c1F. The number of rotatable bonds is 3. The summed E-state index contributed by atoms with van der Waals surface area (Å²) in [4.78, 5) is 6.34. The van der Waals surface area contributed by atoms with Gasteiger partial charge in [-0.2, -0.15) is 0 Å². The van der Waals surface area contributed by atoms with E-state index < -0.39 is 99.2 Å². The summed E-state index contributed by atoms with van der Waals surface area (Å²) < 4.78 is 161. The Morgan fingerprint density at radius 2 is 0.484 bits per heavy atom. The maximum atomic E-state index is 14.3. The van der Waals surface area contributed by atoms with Gasteiger partial charge < -0.3 is 0 Å². The van der Waals surface area contributed by atoms with Gasteiger partial charge in [-0.05, 0) is 0 Å². The molecule has 0 aliphatic rings. The Morgan fingerprint density at radius 1 is 0.323 bits per heavy atom. The Bertz CT molecular complexity index is 1010. The van der Waals surface area contributed by atoms with Crippen molar-refractivity contribution in [3.63, 3.8) is 0 Å². The Kier molecular flexibility index (Phi) is 5.96. The molecule has 0 aliphatic heterocycles. The van der Waals surface area contributed by atoms with Gasteiger partial charge in [0.25, 0.3) is 0 Å². The molecule has 31 heavy (non-hydrogen) atoms. The fraction of sp³-hybridized carbons (Fsp3) is 0. The number of pyridine rings is 3. The zero-order chi connectivity index (χ0) is 23.4. The first kappa shape index (κ1) is 22.9. The van der Waals surface area contributed by atoms with Crippen LogP contribution in [0.1, 0.15) is 0 Å². The van der Waals surface area contributed by atoms with Crippen LogP contribution >= 0.6 is 0 Å². The van der Waals surface area contributed by atoms with Crippen LogP contribution in [0.3, 0.4) is 0 Å². The van der Waals surface area contributed by atoms with E-state index in [9.17, 15) is 52.7 Å². The molecule has 0 saturated heterocycles. The summed E-state index contributed by atoms with van der Waals surface area (Å²) in [5.41, 5.74) is 0. The third kappa shape index (κ3) is 3.62. The van der Waals surface area contributed by atoms with Crippen molar-refractivity contribution >= 4 is 28.6 Å². The molecular weight excluding hydrogens is 520 g/mol. The molecule has 0 atom stereocenters. The quantitative estimate of drug-likeness (QED) is 0.302. The molecule has 0 spiro atoms. The number of aromatic nitrogens is 3. The average Bonchev–Trinajstić information content (AvgIpc) is 2.69. The zero-order valence-electron chi connectivity index (χ0n) is 14.0. The van der Waals surface area contributed by atoms with Crippen LogP contribution in [-0.2, 0) is 0 Å². The van der Waals surface area contributed by atoms with Gasteiger partial charge in [0, 0.05) is 0 Å². The van der Waals surface area contributed by atoms with E-state index in [4.69, 9.17) is 0 Å². The molecule has 3 aromatic rings. The Hall–Kier alpha value is -2.75. The molecule has 0 N–H and O–H groups in total. The number of nitrogens with zero attached hydrogens (tertiary/aromatic N) is 3. The molecular formula is C15F12GaN3. The standard InChI is InChI=1S/3C5F4N.Ga/c3*6-2-1-3(7)5(9)10-4(2)8;. The number of hydrogen-bond acceptors (Lipinski definition) is 3. The van der Waals surface area contributed by atoms with Crippen molar-refractivity contribution in [3.05, 3.63) is 70.6 Å². The molecule has 0 amide bonds. The molecule has 0 bridgehead atoms. The summed E-state index contributed by atoms with van der Waals surface area (Å²) in [7, 11) is 0. The van der Waals surface area contributed by atoms with E-state index in [-0.39, 0.29) is 0 Å². The van der Waals surface area contributed by atoms with E-state index in [1.54, 1.807) is 0 Å². The maximum absolute atomic E-state index is 14.3. The van der Waals surface area contributed by atoms with Crippen molar-refractivity contribution in [2.75, 3.05) is 0 Å². The summed E-state index contributed by atoms with van der Waals surface area (Å²) in [6.07, 6.45) is 0. The first-order valence-corrected chi connectivity index (χ1v) is 11.1. The second kappa shape index (κ2) is 8.06. The van der Waals surface area contributed by atoms with Crippen LogP contribution in [0, 0.1) is 70.6 Å². The fourth-order valence-corrected chi connectivity index (χ4v) is 9.21. The molecule has 16 heteroatoms. The normalized spacial score (nSPS) is 11.2. The number of halogens is 12. The van der Waals surface area contributed by atoms with Crippen molar-refractivity contribution in [2.24, 2.45) is 0 Å². The third-order valence-electron chi connectivity index (χ3n) is 3.96. The molecule has 3 rings (SSSR count). The first-order chi connectivity index (χ1) is 14.4. The van der Waals surface area contributed by atoms with Crippen LogP contribution in [0.15, 0.2) is 0 Å². The van der Waals surface area contributed by atoms with E-state index in [0.29, 0.717) is 0 Å². The second-order valence-corrected chi connectivity index (χ2v) is 11.1. The van der Waals surface area contributed by atoms with Gasteiger partial charge >= 0.3 is 167 Å². The Balaban J connectivity index is 2.61. The predicted molar refractivity (Wildman–Crippen MR) is 76.9 cm³/mol. The van der Waals surface area contributed by atoms with Crippen LogP contribution in [0.2, 0.25) is 0 Å². The molecule has 0 radical (unpaired) electrons. The molecule has 162 valence electrons. The van der Waals surface area contributed by atoms with Crippen LogP contribution in [0.25, 0.3) is 0 Å². The summed E-state index contributed by atoms with van der Waals surface area (Å²) in [6, 6.07) is 0. The first-order valence-electron chi connectivity index (χ1n) is 7.48.